The molecule has 1 aromatic carbocycles. The monoisotopic (exact) mass is 248 g/mol. The minimum atomic E-state index is -0.886. The summed E-state index contributed by atoms with van der Waals surface area (Å²) >= 11 is 0. The van der Waals surface area contributed by atoms with E-state index < -0.39 is 11.9 Å². The molecular formula is C13H16N2O3. The first-order chi connectivity index (χ1) is 8.52. The molecule has 2 N–H and O–H groups in total. The molecule has 1 aliphatic rings. The van der Waals surface area contributed by atoms with Gasteiger partial charge in [0, 0.05) is 25.0 Å². The minimum Gasteiger partial charge on any atom is -0.481 e. The summed E-state index contributed by atoms with van der Waals surface area (Å²) in [6.07, 6.45) is 0.344. The average molecular weight is 248 g/mol. The highest BCUT2D eigenvalue weighted by molar-refractivity contribution is 6.02. The van der Waals surface area contributed by atoms with Crippen molar-refractivity contribution >= 4 is 23.3 Å². The second-order valence-electron chi connectivity index (χ2n) is 4.51. The Balaban J connectivity index is 2.25. The lowest BCUT2D eigenvalue weighted by molar-refractivity contribution is -0.140. The van der Waals surface area contributed by atoms with Gasteiger partial charge in [-0.2, -0.15) is 0 Å². The van der Waals surface area contributed by atoms with E-state index in [2.05, 4.69) is 5.32 Å². The van der Waals surface area contributed by atoms with Gasteiger partial charge in [0.2, 0.25) is 5.91 Å². The number of nitrogens with one attached hydrogen (secondary N) is 1. The fourth-order valence-corrected chi connectivity index (χ4v) is 2.09. The van der Waals surface area contributed by atoms with E-state index in [9.17, 15) is 9.59 Å². The number of nitrogens with zero attached hydrogens (tertiary/aromatic N) is 1. The quantitative estimate of drug-likeness (QED) is 0.843. The number of carboxylic acids is 1. The SMILES string of the molecule is CNc1ccc2c(c1)CC(=O)N2CC(C)C(=O)O. The lowest BCUT2D eigenvalue weighted by Gasteiger charge is -2.19. The number of rotatable bonds is 4. The Morgan fingerprint density at radius 1 is 1.56 bits per heavy atom. The topological polar surface area (TPSA) is 69.6 Å². The molecule has 0 saturated carbocycles. The highest BCUT2D eigenvalue weighted by atomic mass is 16.4. The highest BCUT2D eigenvalue weighted by Crippen LogP contribution is 2.31. The van der Waals surface area contributed by atoms with Crippen LogP contribution in [-0.4, -0.2) is 30.6 Å². The van der Waals surface area contributed by atoms with Crippen molar-refractivity contribution < 1.29 is 14.7 Å². The minimum absolute atomic E-state index is 0.0358. The predicted octanol–water partition coefficient (Wildman–Crippen LogP) is 1.34. The van der Waals surface area contributed by atoms with E-state index in [0.29, 0.717) is 6.42 Å². The maximum atomic E-state index is 11.9. The number of fused-ring (bicyclic) bond motifs is 1. The van der Waals surface area contributed by atoms with Gasteiger partial charge in [-0.1, -0.05) is 6.92 Å². The van der Waals surface area contributed by atoms with Crippen LogP contribution in [0, 0.1) is 5.92 Å². The molecule has 1 heterocycles. The number of amides is 1. The third-order valence-electron chi connectivity index (χ3n) is 3.18. The second-order valence-corrected chi connectivity index (χ2v) is 4.51. The Bertz CT molecular complexity index is 499. The molecule has 1 unspecified atom stereocenters. The lowest BCUT2D eigenvalue weighted by atomic mass is 10.1. The van der Waals surface area contributed by atoms with E-state index in [4.69, 9.17) is 5.11 Å². The van der Waals surface area contributed by atoms with Gasteiger partial charge in [-0.05, 0) is 23.8 Å². The van der Waals surface area contributed by atoms with Crippen LogP contribution in [0.25, 0.3) is 0 Å². The number of aliphatic carboxylic acids is 1. The summed E-state index contributed by atoms with van der Waals surface area (Å²) in [4.78, 5) is 24.3. The molecule has 1 aliphatic heterocycles. The summed E-state index contributed by atoms with van der Waals surface area (Å²) in [5, 5.41) is 11.9. The summed E-state index contributed by atoms with van der Waals surface area (Å²) in [6.45, 7) is 1.83. The molecule has 1 amide bonds. The van der Waals surface area contributed by atoms with Crippen LogP contribution in [0.5, 0.6) is 0 Å². The number of anilines is 2. The van der Waals surface area contributed by atoms with Gasteiger partial charge in [0.15, 0.2) is 0 Å². The van der Waals surface area contributed by atoms with E-state index in [1.54, 1.807) is 11.8 Å². The molecule has 1 aromatic rings. The molecule has 0 aliphatic carbocycles. The van der Waals surface area contributed by atoms with Crippen LogP contribution in [0.1, 0.15) is 12.5 Å². The standard InChI is InChI=1S/C13H16N2O3/c1-8(13(17)18)7-15-11-4-3-10(14-2)5-9(11)6-12(15)16/h3-5,8,14H,6-7H2,1-2H3,(H,17,18). The number of carbonyl (C=O) groups excluding carboxylic acids is 1. The fraction of sp³-hybridized carbons (Fsp3) is 0.385. The van der Waals surface area contributed by atoms with Gasteiger partial charge in [0.1, 0.15) is 0 Å². The van der Waals surface area contributed by atoms with Crippen molar-refractivity contribution in [2.24, 2.45) is 5.92 Å². The first-order valence-electron chi connectivity index (χ1n) is 5.86. The molecule has 0 radical (unpaired) electrons. The van der Waals surface area contributed by atoms with Gasteiger partial charge in [-0.15, -0.1) is 0 Å². The van der Waals surface area contributed by atoms with Gasteiger partial charge in [0.05, 0.1) is 12.3 Å². The Labute approximate surface area is 105 Å². The van der Waals surface area contributed by atoms with Crippen molar-refractivity contribution in [1.82, 2.24) is 0 Å². The van der Waals surface area contributed by atoms with Gasteiger partial charge in [0.25, 0.3) is 0 Å². The fourth-order valence-electron chi connectivity index (χ4n) is 2.09. The van der Waals surface area contributed by atoms with E-state index in [1.807, 2.05) is 25.2 Å². The summed E-state index contributed by atoms with van der Waals surface area (Å²) in [5.41, 5.74) is 2.73. The van der Waals surface area contributed by atoms with Crippen LogP contribution in [0.15, 0.2) is 18.2 Å². The van der Waals surface area contributed by atoms with Crippen LogP contribution in [0.3, 0.4) is 0 Å². The van der Waals surface area contributed by atoms with Crippen LogP contribution in [0.4, 0.5) is 11.4 Å². The van der Waals surface area contributed by atoms with E-state index in [0.717, 1.165) is 16.9 Å². The smallest absolute Gasteiger partial charge is 0.308 e. The summed E-state index contributed by atoms with van der Waals surface area (Å²) in [7, 11) is 1.82. The number of benzene rings is 1. The highest BCUT2D eigenvalue weighted by Gasteiger charge is 2.29. The van der Waals surface area contributed by atoms with Crippen molar-refractivity contribution in [3.05, 3.63) is 23.8 Å². The number of hydrogen-bond acceptors (Lipinski definition) is 3. The Hall–Kier alpha value is -2.04. The predicted molar refractivity (Wildman–Crippen MR) is 68.8 cm³/mol. The van der Waals surface area contributed by atoms with Crippen molar-refractivity contribution in [3.63, 3.8) is 0 Å². The Morgan fingerprint density at radius 3 is 2.89 bits per heavy atom. The summed E-state index contributed by atoms with van der Waals surface area (Å²) in [6, 6.07) is 5.68. The molecule has 0 saturated heterocycles. The zero-order valence-corrected chi connectivity index (χ0v) is 10.4. The van der Waals surface area contributed by atoms with Gasteiger partial charge in [-0.3, -0.25) is 9.59 Å². The third kappa shape index (κ3) is 2.16. The van der Waals surface area contributed by atoms with Crippen molar-refractivity contribution in [2.45, 2.75) is 13.3 Å². The van der Waals surface area contributed by atoms with Crippen molar-refractivity contribution in [3.8, 4) is 0 Å². The molecule has 5 heteroatoms. The first kappa shape index (κ1) is 12.4. The molecule has 0 bridgehead atoms. The number of carbonyl (C=O) groups is 2. The van der Waals surface area contributed by atoms with Gasteiger partial charge >= 0.3 is 5.97 Å². The molecular weight excluding hydrogens is 232 g/mol. The first-order valence-corrected chi connectivity index (χ1v) is 5.86. The maximum Gasteiger partial charge on any atom is 0.308 e. The van der Waals surface area contributed by atoms with Gasteiger partial charge in [-0.25, -0.2) is 0 Å². The Morgan fingerprint density at radius 2 is 2.28 bits per heavy atom. The molecule has 0 fully saturated rings. The second kappa shape index (κ2) is 4.68. The summed E-state index contributed by atoms with van der Waals surface area (Å²) < 4.78 is 0. The largest absolute Gasteiger partial charge is 0.481 e. The third-order valence-corrected chi connectivity index (χ3v) is 3.18. The van der Waals surface area contributed by atoms with Crippen LogP contribution >= 0.6 is 0 Å². The zero-order chi connectivity index (χ0) is 13.3. The molecule has 0 spiro atoms. The lowest BCUT2D eigenvalue weighted by Crippen LogP contribution is -2.34. The van der Waals surface area contributed by atoms with E-state index in [1.165, 1.54) is 0 Å². The molecule has 2 rings (SSSR count). The average Bonchev–Trinajstić information content (AvgIpc) is 2.64. The molecule has 0 aromatic heterocycles. The van der Waals surface area contributed by atoms with Crippen LogP contribution < -0.4 is 10.2 Å². The molecule has 96 valence electrons. The summed E-state index contributed by atoms with van der Waals surface area (Å²) in [5.74, 6) is -1.49. The molecule has 5 nitrogen and oxygen atoms in total. The molecule has 1 atom stereocenters. The molecule has 18 heavy (non-hydrogen) atoms. The van der Waals surface area contributed by atoms with Crippen molar-refractivity contribution in [2.75, 3.05) is 23.8 Å². The number of carboxylic acid groups (broad SMARTS) is 1. The van der Waals surface area contributed by atoms with Gasteiger partial charge < -0.3 is 15.3 Å². The normalized spacial score (nSPS) is 15.4. The van der Waals surface area contributed by atoms with Crippen molar-refractivity contribution in [1.29, 1.82) is 0 Å². The Kier molecular flexibility index (Phi) is 3.23. The van der Waals surface area contributed by atoms with Crippen LogP contribution in [-0.2, 0) is 16.0 Å². The maximum absolute atomic E-state index is 11.9. The number of hydrogen-bond donors (Lipinski definition) is 2. The van der Waals surface area contributed by atoms with Crippen LogP contribution in [0.2, 0.25) is 0 Å². The zero-order valence-electron chi connectivity index (χ0n) is 10.4. The van der Waals surface area contributed by atoms with E-state index >= 15 is 0 Å². The van der Waals surface area contributed by atoms with E-state index in [-0.39, 0.29) is 12.5 Å².